The Morgan fingerprint density at radius 3 is 2.37 bits per heavy atom. The van der Waals surface area contributed by atoms with E-state index in [1.807, 2.05) is 13.8 Å². The van der Waals surface area contributed by atoms with Gasteiger partial charge in [0.15, 0.2) is 11.5 Å². The Morgan fingerprint density at radius 1 is 1.03 bits per heavy atom. The fraction of sp³-hybridized carbons (Fsp3) is 0.150. The Kier molecular flexibility index (Phi) is 6.38. The summed E-state index contributed by atoms with van der Waals surface area (Å²) in [7, 11) is 0. The van der Waals surface area contributed by atoms with E-state index in [2.05, 4.69) is 24.8 Å². The van der Waals surface area contributed by atoms with Crippen molar-refractivity contribution < 1.29 is 23.0 Å². The zero-order valence-corrected chi connectivity index (χ0v) is 17.3. The number of benzene rings is 1. The third-order valence-electron chi connectivity index (χ3n) is 3.82. The molecule has 156 valence electrons. The summed E-state index contributed by atoms with van der Waals surface area (Å²) in [5, 5.41) is 3.00. The number of halogens is 4. The number of ether oxygens (including phenoxy) is 2. The zero-order chi connectivity index (χ0) is 21.9. The Bertz CT molecular complexity index is 1080. The highest BCUT2D eigenvalue weighted by Gasteiger charge is 2.43. The summed E-state index contributed by atoms with van der Waals surface area (Å²) in [5.41, 5.74) is 1.21. The standard InChI is InChI=1S/C18H9Cl2F2N3O3.C2H6/c19-12-6-15-14(27-18(21,22)28-15)5-11(12)9-1-2-16(24-7-9)25-17(26)10-3-4-23-8-13(10)20;1-2/h1-8H,(H,24,25,26);1-2H3. The van der Waals surface area contributed by atoms with Gasteiger partial charge in [0.2, 0.25) is 0 Å². The number of alkyl halides is 2. The molecule has 0 spiro atoms. The van der Waals surface area contributed by atoms with Crippen molar-refractivity contribution in [3.8, 4) is 22.6 Å². The summed E-state index contributed by atoms with van der Waals surface area (Å²) in [4.78, 5) is 20.2. The summed E-state index contributed by atoms with van der Waals surface area (Å²) >= 11 is 12.1. The second-order valence-electron chi connectivity index (χ2n) is 5.69. The van der Waals surface area contributed by atoms with E-state index in [-0.39, 0.29) is 32.9 Å². The molecule has 1 aromatic carbocycles. The topological polar surface area (TPSA) is 73.3 Å². The number of nitrogens with one attached hydrogen (secondary N) is 1. The highest BCUT2D eigenvalue weighted by molar-refractivity contribution is 6.34. The Balaban J connectivity index is 0.00000124. The number of pyridine rings is 2. The van der Waals surface area contributed by atoms with Gasteiger partial charge in [-0.2, -0.15) is 0 Å². The molecule has 0 atom stereocenters. The minimum Gasteiger partial charge on any atom is -0.395 e. The third kappa shape index (κ3) is 4.60. The van der Waals surface area contributed by atoms with Crippen molar-refractivity contribution in [3.05, 3.63) is 64.5 Å². The van der Waals surface area contributed by atoms with E-state index in [0.717, 1.165) is 0 Å². The van der Waals surface area contributed by atoms with Crippen LogP contribution in [0, 0.1) is 0 Å². The molecule has 6 nitrogen and oxygen atoms in total. The molecule has 0 aliphatic carbocycles. The normalized spacial score (nSPS) is 13.3. The maximum Gasteiger partial charge on any atom is 0.586 e. The van der Waals surface area contributed by atoms with Crippen LogP contribution >= 0.6 is 23.2 Å². The van der Waals surface area contributed by atoms with E-state index in [9.17, 15) is 13.6 Å². The molecule has 3 heterocycles. The van der Waals surface area contributed by atoms with E-state index >= 15 is 0 Å². The second kappa shape index (κ2) is 8.81. The van der Waals surface area contributed by atoms with Crippen LogP contribution in [-0.4, -0.2) is 22.2 Å². The van der Waals surface area contributed by atoms with Gasteiger partial charge in [-0.05, 0) is 24.3 Å². The molecular formula is C20H15Cl2F2N3O3. The highest BCUT2D eigenvalue weighted by atomic mass is 35.5. The lowest BCUT2D eigenvalue weighted by Crippen LogP contribution is -2.25. The van der Waals surface area contributed by atoms with Gasteiger partial charge < -0.3 is 14.8 Å². The number of amides is 1. The number of rotatable bonds is 3. The van der Waals surface area contributed by atoms with Crippen molar-refractivity contribution in [1.29, 1.82) is 0 Å². The van der Waals surface area contributed by atoms with Crippen LogP contribution in [0.25, 0.3) is 11.1 Å². The number of hydrogen-bond donors (Lipinski definition) is 1. The first-order valence-corrected chi connectivity index (χ1v) is 9.55. The fourth-order valence-electron chi connectivity index (χ4n) is 2.56. The second-order valence-corrected chi connectivity index (χ2v) is 6.50. The van der Waals surface area contributed by atoms with Crippen LogP contribution in [0.3, 0.4) is 0 Å². The lowest BCUT2D eigenvalue weighted by molar-refractivity contribution is -0.286. The smallest absolute Gasteiger partial charge is 0.395 e. The van der Waals surface area contributed by atoms with E-state index in [1.165, 1.54) is 42.9 Å². The molecule has 30 heavy (non-hydrogen) atoms. The average molecular weight is 454 g/mol. The molecule has 0 bridgehead atoms. The largest absolute Gasteiger partial charge is 0.586 e. The fourth-order valence-corrected chi connectivity index (χ4v) is 3.03. The number of hydrogen-bond acceptors (Lipinski definition) is 5. The van der Waals surface area contributed by atoms with Crippen LogP contribution in [0.5, 0.6) is 11.5 Å². The van der Waals surface area contributed by atoms with E-state index in [0.29, 0.717) is 11.1 Å². The predicted molar refractivity (Wildman–Crippen MR) is 109 cm³/mol. The number of carbonyl (C=O) groups excluding carboxylic acids is 1. The van der Waals surface area contributed by atoms with Crippen LogP contribution in [0.1, 0.15) is 24.2 Å². The van der Waals surface area contributed by atoms with Crippen molar-refractivity contribution in [2.75, 3.05) is 5.32 Å². The molecule has 0 fully saturated rings. The van der Waals surface area contributed by atoms with Gasteiger partial charge in [-0.1, -0.05) is 37.0 Å². The Hall–Kier alpha value is -2.97. The van der Waals surface area contributed by atoms with Crippen LogP contribution in [-0.2, 0) is 0 Å². The van der Waals surface area contributed by atoms with Gasteiger partial charge in [-0.15, -0.1) is 8.78 Å². The van der Waals surface area contributed by atoms with Gasteiger partial charge in [-0.3, -0.25) is 9.78 Å². The first kappa shape index (κ1) is 21.7. The Labute approximate surface area is 180 Å². The number of nitrogens with zero attached hydrogens (tertiary/aromatic N) is 2. The van der Waals surface area contributed by atoms with E-state index < -0.39 is 12.2 Å². The number of anilines is 1. The molecule has 1 aliphatic rings. The van der Waals surface area contributed by atoms with Crippen molar-refractivity contribution in [1.82, 2.24) is 9.97 Å². The molecule has 3 aromatic rings. The van der Waals surface area contributed by atoms with Crippen molar-refractivity contribution in [3.63, 3.8) is 0 Å². The molecule has 1 aliphatic heterocycles. The van der Waals surface area contributed by atoms with Crippen molar-refractivity contribution in [2.24, 2.45) is 0 Å². The average Bonchev–Trinajstić information content (AvgIpc) is 3.02. The van der Waals surface area contributed by atoms with Crippen LogP contribution in [0.4, 0.5) is 14.6 Å². The van der Waals surface area contributed by atoms with E-state index in [1.54, 1.807) is 6.07 Å². The van der Waals surface area contributed by atoms with Crippen molar-refractivity contribution in [2.45, 2.75) is 20.1 Å². The summed E-state index contributed by atoms with van der Waals surface area (Å²) in [5.74, 6) is -0.458. The lowest BCUT2D eigenvalue weighted by atomic mass is 10.1. The van der Waals surface area contributed by atoms with Crippen LogP contribution < -0.4 is 14.8 Å². The zero-order valence-electron chi connectivity index (χ0n) is 15.7. The Morgan fingerprint density at radius 2 is 1.73 bits per heavy atom. The number of fused-ring (bicyclic) bond motifs is 1. The summed E-state index contributed by atoms with van der Waals surface area (Å²) in [6, 6.07) is 7.23. The molecule has 0 saturated carbocycles. The molecule has 0 unspecified atom stereocenters. The number of carbonyl (C=O) groups is 1. The molecule has 10 heteroatoms. The SMILES string of the molecule is CC.O=C(Nc1ccc(-c2cc3c(cc2Cl)OC(F)(F)O3)cn1)c1ccncc1Cl. The first-order chi connectivity index (χ1) is 14.3. The monoisotopic (exact) mass is 453 g/mol. The molecule has 2 aromatic heterocycles. The minimum absolute atomic E-state index is 0.130. The predicted octanol–water partition coefficient (Wildman–Crippen LogP) is 6.05. The highest BCUT2D eigenvalue weighted by Crippen LogP contribution is 2.46. The molecule has 1 amide bonds. The summed E-state index contributed by atoms with van der Waals surface area (Å²) in [6.45, 7) is 4.00. The lowest BCUT2D eigenvalue weighted by Gasteiger charge is -2.08. The van der Waals surface area contributed by atoms with Gasteiger partial charge in [0.25, 0.3) is 5.91 Å². The molecule has 0 radical (unpaired) electrons. The molecule has 4 rings (SSSR count). The van der Waals surface area contributed by atoms with Gasteiger partial charge in [0.05, 0.1) is 15.6 Å². The van der Waals surface area contributed by atoms with Gasteiger partial charge >= 0.3 is 6.29 Å². The summed E-state index contributed by atoms with van der Waals surface area (Å²) < 4.78 is 35.2. The maximum absolute atomic E-state index is 13.2. The number of aromatic nitrogens is 2. The van der Waals surface area contributed by atoms with Crippen molar-refractivity contribution >= 4 is 34.9 Å². The van der Waals surface area contributed by atoms with Gasteiger partial charge in [0, 0.05) is 35.8 Å². The molecular weight excluding hydrogens is 439 g/mol. The van der Waals surface area contributed by atoms with E-state index in [4.69, 9.17) is 23.2 Å². The van der Waals surface area contributed by atoms with Gasteiger partial charge in [0.1, 0.15) is 5.82 Å². The minimum atomic E-state index is -3.73. The van der Waals surface area contributed by atoms with Gasteiger partial charge in [-0.25, -0.2) is 4.98 Å². The quantitative estimate of drug-likeness (QED) is 0.522. The van der Waals surface area contributed by atoms with Crippen LogP contribution in [0.2, 0.25) is 10.0 Å². The van der Waals surface area contributed by atoms with Crippen LogP contribution in [0.15, 0.2) is 48.9 Å². The molecule has 1 N–H and O–H groups in total. The maximum atomic E-state index is 13.2. The first-order valence-electron chi connectivity index (χ1n) is 8.79. The third-order valence-corrected chi connectivity index (χ3v) is 4.44. The summed E-state index contributed by atoms with van der Waals surface area (Å²) in [6.07, 6.45) is 0.511. The molecule has 0 saturated heterocycles.